The van der Waals surface area contributed by atoms with Crippen LogP contribution in [0.25, 0.3) is 11.0 Å². The molecule has 2 N–H and O–H groups in total. The Hall–Kier alpha value is -1.35. The lowest BCUT2D eigenvalue weighted by Crippen LogP contribution is -2.38. The highest BCUT2D eigenvalue weighted by Crippen LogP contribution is 2.15. The van der Waals surface area contributed by atoms with Gasteiger partial charge in [0.1, 0.15) is 5.82 Å². The molecule has 0 atom stereocenters. The van der Waals surface area contributed by atoms with Crippen LogP contribution in [-0.4, -0.2) is 59.7 Å². The van der Waals surface area contributed by atoms with Crippen LogP contribution in [0.15, 0.2) is 29.3 Å². The third-order valence-corrected chi connectivity index (χ3v) is 5.11. The molecule has 0 aliphatic carbocycles. The quantitative estimate of drug-likeness (QED) is 0.206. The number of nitrogens with zero attached hydrogens (tertiary/aromatic N) is 4. The molecule has 6 nitrogen and oxygen atoms in total. The van der Waals surface area contributed by atoms with Crippen molar-refractivity contribution >= 4 is 41.0 Å². The highest BCUT2D eigenvalue weighted by Gasteiger charge is 2.06. The maximum Gasteiger partial charge on any atom is 0.191 e. The van der Waals surface area contributed by atoms with E-state index in [9.17, 15) is 0 Å². The summed E-state index contributed by atoms with van der Waals surface area (Å²) in [5.41, 5.74) is 2.28. The van der Waals surface area contributed by atoms with E-state index in [1.165, 1.54) is 11.9 Å². The van der Waals surface area contributed by atoms with Crippen molar-refractivity contribution in [2.24, 2.45) is 4.99 Å². The summed E-state index contributed by atoms with van der Waals surface area (Å²) in [7, 11) is 2.19. The van der Waals surface area contributed by atoms with Crippen LogP contribution in [0.5, 0.6) is 0 Å². The van der Waals surface area contributed by atoms with Gasteiger partial charge in [-0.2, -0.15) is 0 Å². The summed E-state index contributed by atoms with van der Waals surface area (Å²) in [5.74, 6) is 1.99. The molecular weight excluding hydrogens is 475 g/mol. The first-order valence-corrected chi connectivity index (χ1v) is 10.7. The number of hydrogen-bond acceptors (Lipinski definition) is 3. The zero-order valence-electron chi connectivity index (χ0n) is 18.7. The Morgan fingerprint density at radius 2 is 1.93 bits per heavy atom. The molecule has 29 heavy (non-hydrogen) atoms. The molecule has 1 aromatic carbocycles. The molecule has 7 heteroatoms. The summed E-state index contributed by atoms with van der Waals surface area (Å²) >= 11 is 0. The predicted molar refractivity (Wildman–Crippen MR) is 135 cm³/mol. The molecule has 0 aliphatic rings. The van der Waals surface area contributed by atoms with E-state index in [1.807, 2.05) is 6.07 Å². The van der Waals surface area contributed by atoms with Crippen LogP contribution >= 0.6 is 24.0 Å². The van der Waals surface area contributed by atoms with Crippen LogP contribution < -0.4 is 10.6 Å². The molecule has 0 radical (unpaired) electrons. The van der Waals surface area contributed by atoms with Gasteiger partial charge in [0.15, 0.2) is 5.96 Å². The summed E-state index contributed by atoms with van der Waals surface area (Å²) in [6.45, 7) is 13.4. The number of para-hydroxylation sites is 2. The monoisotopic (exact) mass is 514 g/mol. The molecule has 1 aromatic heterocycles. The van der Waals surface area contributed by atoms with Crippen molar-refractivity contribution in [2.45, 2.75) is 59.5 Å². The van der Waals surface area contributed by atoms with E-state index in [0.717, 1.165) is 62.9 Å². The standard InChI is InChI=1S/C22H38N6.HI/c1-6-23-22(24-14-9-10-16-27(5)18(2)3)25-15-11-17-28-19(4)26-20-12-7-8-13-21(20)28;/h7-8,12-13,18H,6,9-11,14-17H2,1-5H3,(H2,23,24,25);1H. The van der Waals surface area contributed by atoms with Gasteiger partial charge in [0.05, 0.1) is 11.0 Å². The molecule has 1 heterocycles. The Labute approximate surface area is 193 Å². The minimum atomic E-state index is 0. The molecule has 0 saturated carbocycles. The fourth-order valence-electron chi connectivity index (χ4n) is 3.19. The first-order valence-electron chi connectivity index (χ1n) is 10.7. The molecule has 0 bridgehead atoms. The predicted octanol–water partition coefficient (Wildman–Crippen LogP) is 4.03. The van der Waals surface area contributed by atoms with E-state index >= 15 is 0 Å². The first kappa shape index (κ1) is 25.7. The number of halogens is 1. The first-order chi connectivity index (χ1) is 13.5. The van der Waals surface area contributed by atoms with Crippen LogP contribution in [0.3, 0.4) is 0 Å². The Balaban J connectivity index is 0.00000420. The van der Waals surface area contributed by atoms with Gasteiger partial charge in [-0.3, -0.25) is 4.99 Å². The van der Waals surface area contributed by atoms with Crippen molar-refractivity contribution in [3.63, 3.8) is 0 Å². The molecule has 0 spiro atoms. The van der Waals surface area contributed by atoms with Gasteiger partial charge >= 0.3 is 0 Å². The summed E-state index contributed by atoms with van der Waals surface area (Å²) in [6, 6.07) is 8.94. The van der Waals surface area contributed by atoms with Crippen LogP contribution in [0, 0.1) is 6.92 Å². The summed E-state index contributed by atoms with van der Waals surface area (Å²) in [5, 5.41) is 6.80. The van der Waals surface area contributed by atoms with Crippen molar-refractivity contribution in [3.8, 4) is 0 Å². The van der Waals surface area contributed by atoms with Gasteiger partial charge in [-0.05, 0) is 72.7 Å². The van der Waals surface area contributed by atoms with Crippen LogP contribution in [0.4, 0.5) is 0 Å². The molecule has 0 amide bonds. The fraction of sp³-hybridized carbons (Fsp3) is 0.636. The van der Waals surface area contributed by atoms with Crippen molar-refractivity contribution in [3.05, 3.63) is 30.1 Å². The van der Waals surface area contributed by atoms with Gasteiger partial charge < -0.3 is 20.1 Å². The van der Waals surface area contributed by atoms with Gasteiger partial charge in [-0.15, -0.1) is 24.0 Å². The lowest BCUT2D eigenvalue weighted by Gasteiger charge is -2.20. The molecule has 0 aliphatic heterocycles. The molecule has 164 valence electrons. The molecule has 0 fully saturated rings. The van der Waals surface area contributed by atoms with Crippen molar-refractivity contribution < 1.29 is 0 Å². The van der Waals surface area contributed by atoms with Crippen molar-refractivity contribution in [1.82, 2.24) is 25.1 Å². The number of nitrogens with one attached hydrogen (secondary N) is 2. The van der Waals surface area contributed by atoms with E-state index in [1.54, 1.807) is 0 Å². The van der Waals surface area contributed by atoms with Crippen LogP contribution in [-0.2, 0) is 6.54 Å². The lowest BCUT2D eigenvalue weighted by atomic mass is 10.2. The molecule has 2 rings (SSSR count). The number of imidazole rings is 1. The SMILES string of the molecule is CCNC(=NCCCn1c(C)nc2ccccc21)NCCCCN(C)C(C)C.I. The van der Waals surface area contributed by atoms with Crippen LogP contribution in [0.1, 0.15) is 45.9 Å². The van der Waals surface area contributed by atoms with E-state index < -0.39 is 0 Å². The molecule has 0 saturated heterocycles. The molecular formula is C22H39IN6. The highest BCUT2D eigenvalue weighted by atomic mass is 127. The minimum Gasteiger partial charge on any atom is -0.357 e. The summed E-state index contributed by atoms with van der Waals surface area (Å²) in [6.07, 6.45) is 3.35. The van der Waals surface area contributed by atoms with Crippen molar-refractivity contribution in [2.75, 3.05) is 33.2 Å². The Kier molecular flexibility index (Phi) is 12.2. The number of rotatable bonds is 11. The average Bonchev–Trinajstić information content (AvgIpc) is 2.99. The third kappa shape index (κ3) is 8.50. The fourth-order valence-corrected chi connectivity index (χ4v) is 3.19. The molecule has 2 aromatic rings. The largest absolute Gasteiger partial charge is 0.357 e. The number of guanidine groups is 1. The van der Waals surface area contributed by atoms with Gasteiger partial charge in [0, 0.05) is 32.2 Å². The smallest absolute Gasteiger partial charge is 0.191 e. The van der Waals surface area contributed by atoms with E-state index in [4.69, 9.17) is 4.99 Å². The number of fused-ring (bicyclic) bond motifs is 1. The normalized spacial score (nSPS) is 11.9. The number of aromatic nitrogens is 2. The second kappa shape index (κ2) is 13.8. The number of aliphatic imine (C=N–C) groups is 1. The zero-order valence-corrected chi connectivity index (χ0v) is 21.1. The number of aryl methyl sites for hydroxylation is 2. The Morgan fingerprint density at radius 1 is 1.17 bits per heavy atom. The Bertz CT molecular complexity index is 740. The van der Waals surface area contributed by atoms with Gasteiger partial charge in [0.2, 0.25) is 0 Å². The lowest BCUT2D eigenvalue weighted by molar-refractivity contribution is 0.268. The summed E-state index contributed by atoms with van der Waals surface area (Å²) in [4.78, 5) is 11.8. The van der Waals surface area contributed by atoms with Gasteiger partial charge in [-0.1, -0.05) is 12.1 Å². The number of hydrogen-bond donors (Lipinski definition) is 2. The number of benzene rings is 1. The van der Waals surface area contributed by atoms with Crippen molar-refractivity contribution in [1.29, 1.82) is 0 Å². The van der Waals surface area contributed by atoms with E-state index in [-0.39, 0.29) is 24.0 Å². The molecule has 0 unspecified atom stereocenters. The number of unbranched alkanes of at least 4 members (excludes halogenated alkanes) is 1. The maximum absolute atomic E-state index is 4.73. The van der Waals surface area contributed by atoms with Crippen LogP contribution in [0.2, 0.25) is 0 Å². The zero-order chi connectivity index (χ0) is 20.4. The summed E-state index contributed by atoms with van der Waals surface area (Å²) < 4.78 is 2.29. The highest BCUT2D eigenvalue weighted by molar-refractivity contribution is 14.0. The second-order valence-electron chi connectivity index (χ2n) is 7.62. The van der Waals surface area contributed by atoms with E-state index in [0.29, 0.717) is 6.04 Å². The third-order valence-electron chi connectivity index (χ3n) is 5.11. The van der Waals surface area contributed by atoms with E-state index in [2.05, 4.69) is 78.0 Å². The maximum atomic E-state index is 4.73. The van der Waals surface area contributed by atoms with Gasteiger partial charge in [0.25, 0.3) is 0 Å². The minimum absolute atomic E-state index is 0. The average molecular weight is 515 g/mol. The topological polar surface area (TPSA) is 57.5 Å². The van der Waals surface area contributed by atoms with Gasteiger partial charge in [-0.25, -0.2) is 4.98 Å². The second-order valence-corrected chi connectivity index (χ2v) is 7.62. The Morgan fingerprint density at radius 3 is 2.66 bits per heavy atom.